The van der Waals surface area contributed by atoms with E-state index in [1.807, 2.05) is 6.07 Å². The van der Waals surface area contributed by atoms with Crippen LogP contribution in [0.4, 0.5) is 5.69 Å². The molecule has 1 fully saturated rings. The van der Waals surface area contributed by atoms with E-state index in [9.17, 15) is 4.79 Å². The summed E-state index contributed by atoms with van der Waals surface area (Å²) in [5, 5.41) is 0. The molecular weight excluding hydrogens is 252 g/mol. The van der Waals surface area contributed by atoms with E-state index in [1.54, 1.807) is 19.2 Å². The minimum Gasteiger partial charge on any atom is -0.495 e. The summed E-state index contributed by atoms with van der Waals surface area (Å²) >= 11 is 0. The van der Waals surface area contributed by atoms with Crippen LogP contribution in [0.1, 0.15) is 43.0 Å². The maximum Gasteiger partial charge on any atom is 0.180 e. The number of rotatable bonds is 5. The fraction of sp³-hybridized carbons (Fsp3) is 0.562. The second kappa shape index (κ2) is 6.75. The molecule has 0 amide bonds. The molecular formula is C16H24N2O2. The van der Waals surface area contributed by atoms with Crippen molar-refractivity contribution in [2.24, 2.45) is 0 Å². The zero-order valence-electron chi connectivity index (χ0n) is 12.4. The number of hydrogen-bond acceptors (Lipinski definition) is 4. The molecule has 2 rings (SSSR count). The zero-order chi connectivity index (χ0) is 14.5. The van der Waals surface area contributed by atoms with Crippen LogP contribution in [-0.4, -0.2) is 36.9 Å². The number of likely N-dealkylation sites (tertiary alicyclic amines) is 1. The van der Waals surface area contributed by atoms with Crippen molar-refractivity contribution >= 4 is 11.5 Å². The van der Waals surface area contributed by atoms with Crippen LogP contribution in [0.2, 0.25) is 0 Å². The summed E-state index contributed by atoms with van der Waals surface area (Å²) in [6.07, 6.45) is 4.49. The lowest BCUT2D eigenvalue weighted by atomic mass is 9.98. The molecule has 4 heteroatoms. The number of carbonyl (C=O) groups is 1. The van der Waals surface area contributed by atoms with Crippen molar-refractivity contribution in [3.05, 3.63) is 23.8 Å². The van der Waals surface area contributed by atoms with Gasteiger partial charge in [-0.15, -0.1) is 0 Å². The van der Waals surface area contributed by atoms with E-state index in [4.69, 9.17) is 10.5 Å². The summed E-state index contributed by atoms with van der Waals surface area (Å²) in [4.78, 5) is 15.0. The van der Waals surface area contributed by atoms with Crippen molar-refractivity contribution in [1.82, 2.24) is 4.90 Å². The van der Waals surface area contributed by atoms with Crippen LogP contribution in [0, 0.1) is 0 Å². The number of Topliss-reactive ketones (excluding diaryl/α,β-unsaturated/α-hetero) is 1. The first-order valence-corrected chi connectivity index (χ1v) is 7.39. The number of hydrogen-bond donors (Lipinski definition) is 1. The van der Waals surface area contributed by atoms with E-state index in [0.29, 0.717) is 17.0 Å². The molecule has 4 nitrogen and oxygen atoms in total. The SMILES string of the molecule is CCC(C(=O)c1ccc(OC)c(N)c1)N1CCCCC1. The van der Waals surface area contributed by atoms with Gasteiger partial charge in [-0.05, 0) is 50.6 Å². The van der Waals surface area contributed by atoms with Gasteiger partial charge in [0, 0.05) is 5.56 Å². The van der Waals surface area contributed by atoms with Crippen LogP contribution < -0.4 is 10.5 Å². The molecule has 1 saturated heterocycles. The Kier molecular flexibility index (Phi) is 5.01. The summed E-state index contributed by atoms with van der Waals surface area (Å²) in [6.45, 7) is 4.12. The highest BCUT2D eigenvalue weighted by molar-refractivity contribution is 6.01. The number of nitrogens with zero attached hydrogens (tertiary/aromatic N) is 1. The second-order valence-electron chi connectivity index (χ2n) is 5.34. The van der Waals surface area contributed by atoms with Gasteiger partial charge < -0.3 is 10.5 Å². The number of benzene rings is 1. The van der Waals surface area contributed by atoms with Crippen molar-refractivity contribution in [3.63, 3.8) is 0 Å². The Hall–Kier alpha value is -1.55. The first kappa shape index (κ1) is 14.9. The molecule has 0 aromatic heterocycles. The number of carbonyl (C=O) groups excluding carboxylic acids is 1. The molecule has 1 unspecified atom stereocenters. The number of nitrogens with two attached hydrogens (primary N) is 1. The Morgan fingerprint density at radius 2 is 2.05 bits per heavy atom. The van der Waals surface area contributed by atoms with Gasteiger partial charge >= 0.3 is 0 Å². The van der Waals surface area contributed by atoms with Gasteiger partial charge in [-0.3, -0.25) is 9.69 Å². The average molecular weight is 276 g/mol. The molecule has 1 aromatic carbocycles. The molecule has 0 radical (unpaired) electrons. The van der Waals surface area contributed by atoms with Crippen LogP contribution in [0.3, 0.4) is 0 Å². The molecule has 2 N–H and O–H groups in total. The highest BCUT2D eigenvalue weighted by atomic mass is 16.5. The third-order valence-corrected chi connectivity index (χ3v) is 4.03. The van der Waals surface area contributed by atoms with Gasteiger partial charge in [-0.25, -0.2) is 0 Å². The Morgan fingerprint density at radius 1 is 1.35 bits per heavy atom. The van der Waals surface area contributed by atoms with E-state index in [2.05, 4.69) is 11.8 Å². The summed E-state index contributed by atoms with van der Waals surface area (Å²) in [6, 6.07) is 5.28. The molecule has 0 aliphatic carbocycles. The van der Waals surface area contributed by atoms with Crippen LogP contribution in [-0.2, 0) is 0 Å². The van der Waals surface area contributed by atoms with Crippen molar-refractivity contribution in [3.8, 4) is 5.75 Å². The van der Waals surface area contributed by atoms with Gasteiger partial charge in [0.05, 0.1) is 18.8 Å². The van der Waals surface area contributed by atoms with Crippen molar-refractivity contribution in [1.29, 1.82) is 0 Å². The first-order chi connectivity index (χ1) is 9.67. The van der Waals surface area contributed by atoms with Crippen LogP contribution >= 0.6 is 0 Å². The summed E-state index contributed by atoms with van der Waals surface area (Å²) in [5.74, 6) is 0.788. The second-order valence-corrected chi connectivity index (χ2v) is 5.34. The highest BCUT2D eigenvalue weighted by Crippen LogP contribution is 2.24. The summed E-state index contributed by atoms with van der Waals surface area (Å²) < 4.78 is 5.14. The van der Waals surface area contributed by atoms with Crippen molar-refractivity contribution < 1.29 is 9.53 Å². The number of ketones is 1. The zero-order valence-corrected chi connectivity index (χ0v) is 12.4. The fourth-order valence-electron chi connectivity index (χ4n) is 2.92. The molecule has 20 heavy (non-hydrogen) atoms. The largest absolute Gasteiger partial charge is 0.495 e. The predicted octanol–water partition coefficient (Wildman–Crippen LogP) is 2.72. The highest BCUT2D eigenvalue weighted by Gasteiger charge is 2.26. The third-order valence-electron chi connectivity index (χ3n) is 4.03. The molecule has 0 saturated carbocycles. The lowest BCUT2D eigenvalue weighted by Crippen LogP contribution is -2.43. The van der Waals surface area contributed by atoms with E-state index < -0.39 is 0 Å². The molecule has 1 aliphatic rings. The summed E-state index contributed by atoms with van der Waals surface area (Å²) in [5.41, 5.74) is 7.10. The molecule has 110 valence electrons. The maximum absolute atomic E-state index is 12.7. The quantitative estimate of drug-likeness (QED) is 0.663. The van der Waals surface area contributed by atoms with Crippen molar-refractivity contribution in [2.75, 3.05) is 25.9 Å². The van der Waals surface area contributed by atoms with Crippen LogP contribution in [0.5, 0.6) is 5.75 Å². The normalized spacial score (nSPS) is 17.7. The van der Waals surface area contributed by atoms with E-state index in [0.717, 1.165) is 19.5 Å². The van der Waals surface area contributed by atoms with Crippen LogP contribution in [0.25, 0.3) is 0 Å². The molecule has 1 heterocycles. The van der Waals surface area contributed by atoms with Gasteiger partial charge in [0.25, 0.3) is 0 Å². The predicted molar refractivity (Wildman–Crippen MR) is 81.2 cm³/mol. The van der Waals surface area contributed by atoms with E-state index in [1.165, 1.54) is 19.3 Å². The number of nitrogen functional groups attached to an aromatic ring is 1. The van der Waals surface area contributed by atoms with Gasteiger partial charge in [-0.2, -0.15) is 0 Å². The maximum atomic E-state index is 12.7. The Balaban J connectivity index is 2.17. The van der Waals surface area contributed by atoms with Gasteiger partial charge in [0.15, 0.2) is 5.78 Å². The van der Waals surface area contributed by atoms with Crippen molar-refractivity contribution in [2.45, 2.75) is 38.6 Å². The molecule has 0 bridgehead atoms. The van der Waals surface area contributed by atoms with E-state index >= 15 is 0 Å². The Morgan fingerprint density at radius 3 is 2.60 bits per heavy atom. The summed E-state index contributed by atoms with van der Waals surface area (Å²) in [7, 11) is 1.58. The molecule has 1 aliphatic heterocycles. The Bertz CT molecular complexity index is 468. The Labute approximate surface area is 120 Å². The molecule has 1 atom stereocenters. The topological polar surface area (TPSA) is 55.6 Å². The third kappa shape index (κ3) is 3.12. The van der Waals surface area contributed by atoms with Gasteiger partial charge in [-0.1, -0.05) is 13.3 Å². The number of anilines is 1. The van der Waals surface area contributed by atoms with Crippen LogP contribution in [0.15, 0.2) is 18.2 Å². The fourth-order valence-corrected chi connectivity index (χ4v) is 2.92. The monoisotopic (exact) mass is 276 g/mol. The number of methoxy groups -OCH3 is 1. The minimum atomic E-state index is -0.0249. The smallest absolute Gasteiger partial charge is 0.180 e. The molecule has 0 spiro atoms. The van der Waals surface area contributed by atoms with E-state index in [-0.39, 0.29) is 11.8 Å². The lowest BCUT2D eigenvalue weighted by molar-refractivity contribution is 0.0777. The first-order valence-electron chi connectivity index (χ1n) is 7.39. The van der Waals surface area contributed by atoms with Gasteiger partial charge in [0.2, 0.25) is 0 Å². The lowest BCUT2D eigenvalue weighted by Gasteiger charge is -2.33. The minimum absolute atomic E-state index is 0.0249. The van der Waals surface area contributed by atoms with Gasteiger partial charge in [0.1, 0.15) is 5.75 Å². The molecule has 1 aromatic rings. The number of piperidine rings is 1. The average Bonchev–Trinajstić information content (AvgIpc) is 2.49. The number of ether oxygens (including phenoxy) is 1. The standard InChI is InChI=1S/C16H24N2O2/c1-3-14(18-9-5-4-6-10-18)16(19)12-7-8-15(20-2)13(17)11-12/h7-8,11,14H,3-6,9-10,17H2,1-2H3.